The molecule has 5 nitrogen and oxygen atoms in total. The first-order chi connectivity index (χ1) is 6.66. The second-order valence-corrected chi connectivity index (χ2v) is 2.89. The van der Waals surface area contributed by atoms with E-state index in [1.807, 2.05) is 0 Å². The molecule has 0 aromatic heterocycles. The Hall–Kier alpha value is -0.460. The van der Waals surface area contributed by atoms with Gasteiger partial charge in [0, 0.05) is 4.92 Å². The average Bonchev–Trinajstić information content (AvgIpc) is 2.19. The molecule has 76 valence electrons. The molecule has 15 heavy (non-hydrogen) atoms. The van der Waals surface area contributed by atoms with Crippen molar-refractivity contribution in [2.75, 3.05) is 6.61 Å². The Labute approximate surface area is 109 Å². The molecule has 0 saturated carbocycles. The van der Waals surface area contributed by atoms with Crippen molar-refractivity contribution in [2.24, 2.45) is 0 Å². The van der Waals surface area contributed by atoms with E-state index in [1.54, 1.807) is 30.3 Å². The van der Waals surface area contributed by atoms with E-state index in [4.69, 9.17) is 5.11 Å². The van der Waals surface area contributed by atoms with E-state index in [0.717, 1.165) is 0 Å². The number of hydrogen-bond acceptors (Lipinski definition) is 4. The van der Waals surface area contributed by atoms with Gasteiger partial charge in [0.05, 0.1) is 0 Å². The van der Waals surface area contributed by atoms with Crippen molar-refractivity contribution < 1.29 is 44.7 Å². The molecular weight excluding hydrogens is 209 g/mol. The summed E-state index contributed by atoms with van der Waals surface area (Å²) in [7, 11) is 0. The molecule has 0 aliphatic rings. The number of benzene rings is 1. The molecule has 0 aliphatic heterocycles. The summed E-state index contributed by atoms with van der Waals surface area (Å²) in [4.78, 5) is 9.75. The van der Waals surface area contributed by atoms with Crippen LogP contribution in [0.25, 0.3) is 0 Å². The second kappa shape index (κ2) is 6.92. The van der Waals surface area contributed by atoms with Gasteiger partial charge in [-0.15, -0.1) is 0 Å². The number of nitrogens with zero attached hydrogens (tertiary/aromatic N) is 1. The van der Waals surface area contributed by atoms with Crippen LogP contribution in [-0.2, 0) is 0 Å². The van der Waals surface area contributed by atoms with Gasteiger partial charge < -0.3 is 10.2 Å². The summed E-state index contributed by atoms with van der Waals surface area (Å²) >= 11 is 0. The van der Waals surface area contributed by atoms with Crippen molar-refractivity contribution in [3.05, 3.63) is 46.0 Å². The van der Waals surface area contributed by atoms with Crippen molar-refractivity contribution in [2.45, 2.75) is 12.1 Å². The van der Waals surface area contributed by atoms with Crippen molar-refractivity contribution >= 4 is 0 Å². The fourth-order valence-electron chi connectivity index (χ4n) is 1.15. The Morgan fingerprint density at radius 2 is 1.87 bits per heavy atom. The van der Waals surface area contributed by atoms with Gasteiger partial charge in [0.25, 0.3) is 6.04 Å². The summed E-state index contributed by atoms with van der Waals surface area (Å²) in [5, 5.41) is 28.7. The third-order valence-corrected chi connectivity index (χ3v) is 1.96. The summed E-state index contributed by atoms with van der Waals surface area (Å²) < 4.78 is 0. The van der Waals surface area contributed by atoms with E-state index in [-0.39, 0.29) is 29.6 Å². The van der Waals surface area contributed by atoms with Gasteiger partial charge in [0.2, 0.25) is 0 Å². The molecule has 2 unspecified atom stereocenters. The number of aliphatic hydroxyl groups is 2. The number of hydrogen-bond donors (Lipinski definition) is 2. The van der Waals surface area contributed by atoms with Gasteiger partial charge in [-0.05, 0) is 5.56 Å². The van der Waals surface area contributed by atoms with E-state index in [0.29, 0.717) is 5.56 Å². The fourth-order valence-corrected chi connectivity index (χ4v) is 1.15. The molecule has 0 heterocycles. The van der Waals surface area contributed by atoms with Crippen molar-refractivity contribution in [1.82, 2.24) is 0 Å². The number of rotatable bonds is 4. The van der Waals surface area contributed by atoms with Gasteiger partial charge in [-0.1, -0.05) is 30.3 Å². The van der Waals surface area contributed by atoms with Gasteiger partial charge >= 0.3 is 29.6 Å². The smallest absolute Gasteiger partial charge is 0.389 e. The van der Waals surface area contributed by atoms with Crippen molar-refractivity contribution in [3.63, 3.8) is 0 Å². The first kappa shape index (κ1) is 14.5. The van der Waals surface area contributed by atoms with E-state index in [2.05, 4.69) is 0 Å². The topological polar surface area (TPSA) is 83.6 Å². The Balaban J connectivity index is 0.00000196. The van der Waals surface area contributed by atoms with Crippen LogP contribution in [0.5, 0.6) is 0 Å². The van der Waals surface area contributed by atoms with Crippen LogP contribution in [0.15, 0.2) is 30.3 Å². The monoisotopic (exact) mass is 220 g/mol. The zero-order valence-electron chi connectivity index (χ0n) is 8.41. The molecule has 2 N–H and O–H groups in total. The van der Waals surface area contributed by atoms with Crippen LogP contribution in [0, 0.1) is 10.1 Å². The molecule has 6 heteroatoms. The molecule has 1 rings (SSSR count). The van der Waals surface area contributed by atoms with Crippen molar-refractivity contribution in [3.8, 4) is 0 Å². The molecule has 1 aromatic rings. The molecule has 0 saturated heterocycles. The van der Waals surface area contributed by atoms with Gasteiger partial charge in [-0.2, -0.15) is 0 Å². The maximum Gasteiger partial charge on any atom is 1.00 e. The molecule has 0 aliphatic carbocycles. The molecule has 0 radical (unpaired) electrons. The minimum Gasteiger partial charge on any atom is -0.389 e. The van der Waals surface area contributed by atoms with Crippen molar-refractivity contribution in [1.29, 1.82) is 0 Å². The van der Waals surface area contributed by atoms with E-state index < -0.39 is 23.7 Å². The maximum absolute atomic E-state index is 10.4. The normalized spacial score (nSPS) is 13.7. The summed E-state index contributed by atoms with van der Waals surface area (Å²) in [5.74, 6) is 0. The molecule has 1 aromatic carbocycles. The van der Waals surface area contributed by atoms with Gasteiger partial charge in [-0.25, -0.2) is 0 Å². The van der Waals surface area contributed by atoms with Crippen LogP contribution in [-0.4, -0.2) is 27.8 Å². The van der Waals surface area contributed by atoms with Gasteiger partial charge in [0.15, 0.2) is 0 Å². The molecule has 0 amide bonds. The number of aliphatic hydroxyl groups excluding tert-OH is 2. The zero-order valence-corrected chi connectivity index (χ0v) is 10.4. The van der Waals surface area contributed by atoms with Crippen LogP contribution in [0.1, 0.15) is 11.7 Å². The summed E-state index contributed by atoms with van der Waals surface area (Å²) in [6, 6.07) is 6.89. The predicted octanol–water partition coefficient (Wildman–Crippen LogP) is -2.64. The Morgan fingerprint density at radius 3 is 2.27 bits per heavy atom. The summed E-state index contributed by atoms with van der Waals surface area (Å²) in [6.07, 6.45) is -1.27. The predicted molar refractivity (Wildman–Crippen MR) is 49.3 cm³/mol. The first-order valence-corrected chi connectivity index (χ1v) is 4.14. The minimum absolute atomic E-state index is 0. The van der Waals surface area contributed by atoms with Crippen LogP contribution in [0.4, 0.5) is 0 Å². The van der Waals surface area contributed by atoms with E-state index in [9.17, 15) is 15.2 Å². The SMILES string of the molecule is O=[N+]([O-])C(CO)C(O)c1ccccc1.[Na+]. The minimum atomic E-state index is -1.36. The quantitative estimate of drug-likeness (QED) is 0.330. The molecule has 2 atom stereocenters. The summed E-state index contributed by atoms with van der Waals surface area (Å²) in [6.45, 7) is -0.678. The molecule has 0 spiro atoms. The average molecular weight is 220 g/mol. The van der Waals surface area contributed by atoms with Gasteiger partial charge in [0.1, 0.15) is 12.7 Å². The third kappa shape index (κ3) is 3.89. The zero-order chi connectivity index (χ0) is 10.6. The van der Waals surface area contributed by atoms with Crippen LogP contribution in [0.2, 0.25) is 0 Å². The molecule has 0 bridgehead atoms. The molecular formula is C9H11NNaO4+. The Morgan fingerprint density at radius 1 is 1.33 bits per heavy atom. The molecule has 0 fully saturated rings. The summed E-state index contributed by atoms with van der Waals surface area (Å²) in [5.41, 5.74) is 0.434. The fraction of sp³-hybridized carbons (Fsp3) is 0.333. The van der Waals surface area contributed by atoms with Crippen LogP contribution in [0.3, 0.4) is 0 Å². The Bertz CT molecular complexity index is 306. The largest absolute Gasteiger partial charge is 1.00 e. The van der Waals surface area contributed by atoms with E-state index >= 15 is 0 Å². The third-order valence-electron chi connectivity index (χ3n) is 1.96. The van der Waals surface area contributed by atoms with Gasteiger partial charge in [-0.3, -0.25) is 10.1 Å². The maximum atomic E-state index is 10.4. The first-order valence-electron chi connectivity index (χ1n) is 4.14. The van der Waals surface area contributed by atoms with Crippen LogP contribution < -0.4 is 29.6 Å². The Kier molecular flexibility index (Phi) is 6.71. The second-order valence-electron chi connectivity index (χ2n) is 2.89. The van der Waals surface area contributed by atoms with Crippen LogP contribution >= 0.6 is 0 Å². The standard InChI is InChI=1S/C9H11NO4.Na/c11-6-8(10(13)14)9(12)7-4-2-1-3-5-7;/h1-5,8-9,11-12H,6H2;/q;+1. The van der Waals surface area contributed by atoms with E-state index in [1.165, 1.54) is 0 Å². The number of nitro groups is 1.